The molecule has 4 nitrogen and oxygen atoms in total. The third-order valence-electron chi connectivity index (χ3n) is 3.12. The number of benzene rings is 1. The average molecular weight is 296 g/mol. The average Bonchev–Trinajstić information content (AvgIpc) is 2.87. The second kappa shape index (κ2) is 6.67. The molecule has 0 aliphatic rings. The molecule has 0 radical (unpaired) electrons. The minimum atomic E-state index is -2.85. The van der Waals surface area contributed by atoms with Crippen molar-refractivity contribution in [1.82, 2.24) is 9.55 Å². The Labute approximate surface area is 122 Å². The van der Waals surface area contributed by atoms with E-state index in [9.17, 15) is 13.9 Å². The molecular weight excluding hydrogens is 278 g/mol. The van der Waals surface area contributed by atoms with Crippen LogP contribution in [0.2, 0.25) is 0 Å². The third kappa shape index (κ3) is 4.01. The molecule has 2 aromatic rings. The van der Waals surface area contributed by atoms with Gasteiger partial charge in [0.1, 0.15) is 11.6 Å². The summed E-state index contributed by atoms with van der Waals surface area (Å²) < 4.78 is 30.3. The van der Waals surface area contributed by atoms with E-state index in [-0.39, 0.29) is 11.7 Å². The zero-order valence-electron chi connectivity index (χ0n) is 11.9. The van der Waals surface area contributed by atoms with Gasteiger partial charge in [-0.3, -0.25) is 0 Å². The lowest BCUT2D eigenvalue weighted by molar-refractivity contribution is -0.0498. The van der Waals surface area contributed by atoms with Gasteiger partial charge in [0, 0.05) is 18.3 Å². The van der Waals surface area contributed by atoms with Gasteiger partial charge in [-0.15, -0.1) is 0 Å². The smallest absolute Gasteiger partial charge is 0.387 e. The van der Waals surface area contributed by atoms with Crippen LogP contribution >= 0.6 is 0 Å². The predicted molar refractivity (Wildman–Crippen MR) is 74.3 cm³/mol. The first-order valence-electron chi connectivity index (χ1n) is 6.71. The van der Waals surface area contributed by atoms with E-state index in [1.165, 1.54) is 12.1 Å². The van der Waals surface area contributed by atoms with Crippen molar-refractivity contribution >= 4 is 0 Å². The highest BCUT2D eigenvalue weighted by Gasteiger charge is 2.13. The van der Waals surface area contributed by atoms with Crippen LogP contribution in [0.25, 0.3) is 0 Å². The molecule has 0 aliphatic carbocycles. The Morgan fingerprint density at radius 2 is 1.90 bits per heavy atom. The van der Waals surface area contributed by atoms with Gasteiger partial charge in [0.25, 0.3) is 0 Å². The summed E-state index contributed by atoms with van der Waals surface area (Å²) in [5, 5.41) is 10.2. The van der Waals surface area contributed by atoms with Crippen LogP contribution in [-0.4, -0.2) is 21.3 Å². The summed E-state index contributed by atoms with van der Waals surface area (Å²) in [4.78, 5) is 4.26. The summed E-state index contributed by atoms with van der Waals surface area (Å²) >= 11 is 0. The predicted octanol–water partition coefficient (Wildman–Crippen LogP) is 3.34. The molecule has 0 saturated carbocycles. The van der Waals surface area contributed by atoms with Crippen LogP contribution in [0.1, 0.15) is 37.3 Å². The maximum absolute atomic E-state index is 12.1. The molecule has 1 N–H and O–H groups in total. The molecular formula is C15H18F2N2O2. The van der Waals surface area contributed by atoms with Gasteiger partial charge in [0.15, 0.2) is 0 Å². The standard InChI is InChI=1S/C15H18F2N2O2/c1-10(2)14-18-7-8-19(14)9-13(20)11-3-5-12(6-4-11)21-15(16)17/h3-8,10,13,15,20H,9H2,1-2H3. The van der Waals surface area contributed by atoms with Gasteiger partial charge in [0.2, 0.25) is 0 Å². The first kappa shape index (κ1) is 15.4. The van der Waals surface area contributed by atoms with Gasteiger partial charge < -0.3 is 14.4 Å². The number of aromatic nitrogens is 2. The molecule has 0 amide bonds. The number of aliphatic hydroxyl groups is 1. The number of rotatable bonds is 6. The Kier molecular flexibility index (Phi) is 4.90. The van der Waals surface area contributed by atoms with Gasteiger partial charge >= 0.3 is 6.61 Å². The summed E-state index contributed by atoms with van der Waals surface area (Å²) in [6, 6.07) is 5.99. The van der Waals surface area contributed by atoms with Crippen molar-refractivity contribution in [2.45, 2.75) is 39.0 Å². The van der Waals surface area contributed by atoms with Crippen molar-refractivity contribution in [2.75, 3.05) is 0 Å². The SMILES string of the molecule is CC(C)c1nccn1CC(O)c1ccc(OC(F)F)cc1. The van der Waals surface area contributed by atoms with E-state index in [0.717, 1.165) is 5.82 Å². The van der Waals surface area contributed by atoms with Crippen molar-refractivity contribution < 1.29 is 18.6 Å². The first-order chi connectivity index (χ1) is 9.97. The molecule has 1 heterocycles. The van der Waals surface area contributed by atoms with E-state index in [1.54, 1.807) is 18.3 Å². The Balaban J connectivity index is 2.06. The molecule has 0 bridgehead atoms. The topological polar surface area (TPSA) is 47.3 Å². The normalized spacial score (nSPS) is 12.9. The lowest BCUT2D eigenvalue weighted by Gasteiger charge is -2.16. The van der Waals surface area contributed by atoms with Gasteiger partial charge in [-0.05, 0) is 17.7 Å². The number of hydrogen-bond acceptors (Lipinski definition) is 3. The number of alkyl halides is 2. The van der Waals surface area contributed by atoms with Crippen LogP contribution in [0.5, 0.6) is 5.75 Å². The monoisotopic (exact) mass is 296 g/mol. The molecule has 0 fully saturated rings. The third-order valence-corrected chi connectivity index (χ3v) is 3.12. The van der Waals surface area contributed by atoms with Gasteiger partial charge in [-0.25, -0.2) is 4.98 Å². The second-order valence-electron chi connectivity index (χ2n) is 5.06. The van der Waals surface area contributed by atoms with E-state index in [0.29, 0.717) is 12.1 Å². The van der Waals surface area contributed by atoms with Crippen LogP contribution in [0.15, 0.2) is 36.7 Å². The van der Waals surface area contributed by atoms with Crippen molar-refractivity contribution in [3.05, 3.63) is 48.0 Å². The number of halogens is 2. The van der Waals surface area contributed by atoms with Crippen LogP contribution in [0.4, 0.5) is 8.78 Å². The maximum Gasteiger partial charge on any atom is 0.387 e. The molecule has 0 saturated heterocycles. The van der Waals surface area contributed by atoms with Crippen molar-refractivity contribution in [3.63, 3.8) is 0 Å². The fourth-order valence-corrected chi connectivity index (χ4v) is 2.14. The Bertz CT molecular complexity index is 567. The first-order valence-corrected chi connectivity index (χ1v) is 6.71. The summed E-state index contributed by atoms with van der Waals surface area (Å²) in [7, 11) is 0. The van der Waals surface area contributed by atoms with Crippen molar-refractivity contribution in [1.29, 1.82) is 0 Å². The van der Waals surface area contributed by atoms with Crippen molar-refractivity contribution in [2.24, 2.45) is 0 Å². The Hall–Kier alpha value is -1.95. The van der Waals surface area contributed by atoms with E-state index in [4.69, 9.17) is 0 Å². The number of ether oxygens (including phenoxy) is 1. The molecule has 21 heavy (non-hydrogen) atoms. The molecule has 2 rings (SSSR count). The number of hydrogen-bond donors (Lipinski definition) is 1. The van der Waals surface area contributed by atoms with Crippen LogP contribution in [-0.2, 0) is 6.54 Å². The maximum atomic E-state index is 12.1. The molecule has 114 valence electrons. The number of nitrogens with zero attached hydrogens (tertiary/aromatic N) is 2. The van der Waals surface area contributed by atoms with Gasteiger partial charge in [0.05, 0.1) is 12.6 Å². The fourth-order valence-electron chi connectivity index (χ4n) is 2.14. The quantitative estimate of drug-likeness (QED) is 0.889. The summed E-state index contributed by atoms with van der Waals surface area (Å²) in [5.41, 5.74) is 0.639. The van der Waals surface area contributed by atoms with E-state index in [1.807, 2.05) is 24.6 Å². The minimum absolute atomic E-state index is 0.0754. The molecule has 1 aromatic heterocycles. The van der Waals surface area contributed by atoms with E-state index in [2.05, 4.69) is 9.72 Å². The molecule has 1 atom stereocenters. The lowest BCUT2D eigenvalue weighted by atomic mass is 10.1. The summed E-state index contributed by atoms with van der Waals surface area (Å²) in [5.74, 6) is 1.23. The minimum Gasteiger partial charge on any atom is -0.435 e. The summed E-state index contributed by atoms with van der Waals surface area (Å²) in [6.07, 6.45) is 2.77. The van der Waals surface area contributed by atoms with Crippen LogP contribution < -0.4 is 4.74 Å². The fraction of sp³-hybridized carbons (Fsp3) is 0.400. The zero-order chi connectivity index (χ0) is 15.4. The highest BCUT2D eigenvalue weighted by molar-refractivity contribution is 5.28. The lowest BCUT2D eigenvalue weighted by Crippen LogP contribution is -2.12. The van der Waals surface area contributed by atoms with Gasteiger partial charge in [-0.1, -0.05) is 26.0 Å². The molecule has 6 heteroatoms. The number of imidazole rings is 1. The number of aliphatic hydroxyl groups excluding tert-OH is 1. The van der Waals surface area contributed by atoms with Gasteiger partial charge in [-0.2, -0.15) is 8.78 Å². The molecule has 0 aliphatic heterocycles. The van der Waals surface area contributed by atoms with Crippen molar-refractivity contribution in [3.8, 4) is 5.75 Å². The highest BCUT2D eigenvalue weighted by atomic mass is 19.3. The Morgan fingerprint density at radius 3 is 2.48 bits per heavy atom. The van der Waals surface area contributed by atoms with Crippen LogP contribution in [0, 0.1) is 0 Å². The zero-order valence-corrected chi connectivity index (χ0v) is 11.9. The second-order valence-corrected chi connectivity index (χ2v) is 5.06. The van der Waals surface area contributed by atoms with E-state index >= 15 is 0 Å². The largest absolute Gasteiger partial charge is 0.435 e. The molecule has 1 aromatic carbocycles. The van der Waals surface area contributed by atoms with Crippen LogP contribution in [0.3, 0.4) is 0 Å². The molecule has 1 unspecified atom stereocenters. The Morgan fingerprint density at radius 1 is 1.24 bits per heavy atom. The molecule has 0 spiro atoms. The summed E-state index contributed by atoms with van der Waals surface area (Å²) in [6.45, 7) is 1.58. The van der Waals surface area contributed by atoms with E-state index < -0.39 is 12.7 Å². The highest BCUT2D eigenvalue weighted by Crippen LogP contribution is 2.22.